The largest absolute Gasteiger partial charge is 0.309 e. The van der Waals surface area contributed by atoms with Gasteiger partial charge < -0.3 is 4.90 Å². The zero-order valence-electron chi connectivity index (χ0n) is 9.79. The van der Waals surface area contributed by atoms with Crippen LogP contribution in [-0.2, 0) is 4.79 Å². The summed E-state index contributed by atoms with van der Waals surface area (Å²) in [5, 5.41) is 0. The summed E-state index contributed by atoms with van der Waals surface area (Å²) in [6.45, 7) is 1.14. The van der Waals surface area contributed by atoms with Gasteiger partial charge in [0.1, 0.15) is 0 Å². The van der Waals surface area contributed by atoms with Gasteiger partial charge in [0.2, 0.25) is 5.91 Å². The summed E-state index contributed by atoms with van der Waals surface area (Å²) in [5.74, 6) is 7.30. The number of hydrogen-bond donors (Lipinski definition) is 2. The lowest BCUT2D eigenvalue weighted by Gasteiger charge is -2.08. The fourth-order valence-corrected chi connectivity index (χ4v) is 2.19. The summed E-state index contributed by atoms with van der Waals surface area (Å²) in [5.41, 5.74) is 2.14. The van der Waals surface area contributed by atoms with E-state index in [9.17, 15) is 4.79 Å². The van der Waals surface area contributed by atoms with Gasteiger partial charge >= 0.3 is 0 Å². The number of hydrogen-bond acceptors (Lipinski definition) is 4. The van der Waals surface area contributed by atoms with Crippen LogP contribution in [0.4, 0.5) is 0 Å². The molecule has 0 aromatic heterocycles. The molecule has 0 atom stereocenters. The van der Waals surface area contributed by atoms with Crippen molar-refractivity contribution >= 4 is 17.7 Å². The first-order valence-corrected chi connectivity index (χ1v) is 6.54. The lowest BCUT2D eigenvalue weighted by atomic mass is 10.2. The topological polar surface area (TPSA) is 58.4 Å². The Bertz CT molecular complexity index is 165. The monoisotopic (exact) mass is 233 g/mol. The molecule has 0 aliphatic heterocycles. The first-order valence-electron chi connectivity index (χ1n) is 5.38. The maximum atomic E-state index is 10.8. The summed E-state index contributed by atoms with van der Waals surface area (Å²) >= 11 is 1.98. The Labute approximate surface area is 96.9 Å². The second-order valence-electron chi connectivity index (χ2n) is 3.79. The number of amides is 1. The Morgan fingerprint density at radius 3 is 2.60 bits per heavy atom. The standard InChI is InChI=1S/C10H23N3OS/c1-13(2)7-9-15-8-5-3-4-6-10(14)12-11/h3-9,11H2,1-2H3,(H,12,14). The zero-order chi connectivity index (χ0) is 11.5. The highest BCUT2D eigenvalue weighted by atomic mass is 32.2. The van der Waals surface area contributed by atoms with E-state index in [1.807, 2.05) is 11.8 Å². The molecule has 0 unspecified atom stereocenters. The van der Waals surface area contributed by atoms with E-state index in [2.05, 4.69) is 24.4 Å². The van der Waals surface area contributed by atoms with E-state index in [4.69, 9.17) is 5.84 Å². The van der Waals surface area contributed by atoms with E-state index in [0.29, 0.717) is 6.42 Å². The van der Waals surface area contributed by atoms with Crippen LogP contribution in [0.1, 0.15) is 25.7 Å². The van der Waals surface area contributed by atoms with E-state index < -0.39 is 0 Å². The second-order valence-corrected chi connectivity index (χ2v) is 5.02. The van der Waals surface area contributed by atoms with E-state index in [-0.39, 0.29) is 5.91 Å². The molecular formula is C10H23N3OS. The number of unbranched alkanes of at least 4 members (excludes halogenated alkanes) is 2. The van der Waals surface area contributed by atoms with Crippen molar-refractivity contribution in [2.45, 2.75) is 25.7 Å². The summed E-state index contributed by atoms with van der Waals surface area (Å²) in [6, 6.07) is 0. The van der Waals surface area contributed by atoms with E-state index >= 15 is 0 Å². The molecule has 0 aromatic rings. The molecule has 0 bridgehead atoms. The van der Waals surface area contributed by atoms with Crippen molar-refractivity contribution < 1.29 is 4.79 Å². The second kappa shape index (κ2) is 10.3. The maximum Gasteiger partial charge on any atom is 0.233 e. The van der Waals surface area contributed by atoms with Crippen LogP contribution in [-0.4, -0.2) is 43.0 Å². The first-order chi connectivity index (χ1) is 7.16. The molecule has 0 fully saturated rings. The van der Waals surface area contributed by atoms with Gasteiger partial charge in [-0.25, -0.2) is 5.84 Å². The van der Waals surface area contributed by atoms with Gasteiger partial charge in [0, 0.05) is 18.7 Å². The molecule has 0 aliphatic carbocycles. The summed E-state index contributed by atoms with van der Waals surface area (Å²) in [4.78, 5) is 13.0. The van der Waals surface area contributed by atoms with Gasteiger partial charge in [-0.2, -0.15) is 11.8 Å². The molecule has 0 saturated carbocycles. The third-order valence-electron chi connectivity index (χ3n) is 2.04. The number of rotatable bonds is 9. The Morgan fingerprint density at radius 2 is 2.00 bits per heavy atom. The molecule has 4 nitrogen and oxygen atoms in total. The molecule has 90 valence electrons. The van der Waals surface area contributed by atoms with Crippen LogP contribution in [0, 0.1) is 0 Å². The fourth-order valence-electron chi connectivity index (χ4n) is 1.09. The molecule has 3 N–H and O–H groups in total. The van der Waals surface area contributed by atoms with Gasteiger partial charge in [0.25, 0.3) is 0 Å². The van der Waals surface area contributed by atoms with Crippen molar-refractivity contribution in [3.63, 3.8) is 0 Å². The normalized spacial score (nSPS) is 10.7. The van der Waals surface area contributed by atoms with Crippen molar-refractivity contribution in [1.82, 2.24) is 10.3 Å². The van der Waals surface area contributed by atoms with E-state index in [1.54, 1.807) is 0 Å². The van der Waals surface area contributed by atoms with Crippen LogP contribution in [0.3, 0.4) is 0 Å². The van der Waals surface area contributed by atoms with Gasteiger partial charge in [-0.15, -0.1) is 0 Å². The molecule has 0 aliphatic rings. The number of hydrazine groups is 1. The SMILES string of the molecule is CN(C)CCSCCCCCC(=O)NN. The van der Waals surface area contributed by atoms with Crippen molar-refractivity contribution in [2.75, 3.05) is 32.1 Å². The van der Waals surface area contributed by atoms with Crippen LogP contribution in [0.2, 0.25) is 0 Å². The Hall–Kier alpha value is -0.260. The van der Waals surface area contributed by atoms with Gasteiger partial charge in [0.05, 0.1) is 0 Å². The highest BCUT2D eigenvalue weighted by Crippen LogP contribution is 2.07. The molecule has 5 heteroatoms. The molecule has 0 spiro atoms. The van der Waals surface area contributed by atoms with Gasteiger partial charge in [-0.1, -0.05) is 6.42 Å². The highest BCUT2D eigenvalue weighted by Gasteiger charge is 1.97. The van der Waals surface area contributed by atoms with Crippen LogP contribution < -0.4 is 11.3 Å². The van der Waals surface area contributed by atoms with Crippen molar-refractivity contribution in [3.8, 4) is 0 Å². The lowest BCUT2D eigenvalue weighted by molar-refractivity contribution is -0.121. The van der Waals surface area contributed by atoms with Crippen molar-refractivity contribution in [2.24, 2.45) is 5.84 Å². The number of nitrogens with two attached hydrogens (primary N) is 1. The van der Waals surface area contributed by atoms with Crippen LogP contribution in [0.25, 0.3) is 0 Å². The maximum absolute atomic E-state index is 10.8. The predicted octanol–water partition coefficient (Wildman–Crippen LogP) is 0.832. The Kier molecular flexibility index (Phi) is 10.1. The third kappa shape index (κ3) is 11.7. The zero-order valence-corrected chi connectivity index (χ0v) is 10.6. The van der Waals surface area contributed by atoms with Crippen molar-refractivity contribution in [3.05, 3.63) is 0 Å². The van der Waals surface area contributed by atoms with Crippen LogP contribution in [0.5, 0.6) is 0 Å². The molecule has 0 saturated heterocycles. The minimum atomic E-state index is -0.0599. The quantitative estimate of drug-likeness (QED) is 0.268. The summed E-state index contributed by atoms with van der Waals surface area (Å²) in [7, 11) is 4.18. The third-order valence-corrected chi connectivity index (χ3v) is 3.08. The number of nitrogens with zero attached hydrogens (tertiary/aromatic N) is 1. The number of thioether (sulfide) groups is 1. The first kappa shape index (κ1) is 14.7. The Balaban J connectivity index is 3.02. The molecule has 1 amide bonds. The fraction of sp³-hybridized carbons (Fsp3) is 0.900. The number of carbonyl (C=O) groups is 1. The number of carbonyl (C=O) groups excluding carboxylic acids is 1. The van der Waals surface area contributed by atoms with Gasteiger partial charge in [-0.05, 0) is 32.7 Å². The average molecular weight is 233 g/mol. The summed E-state index contributed by atoms with van der Waals surface area (Å²) < 4.78 is 0. The van der Waals surface area contributed by atoms with Gasteiger partial charge in [-0.3, -0.25) is 10.2 Å². The minimum Gasteiger partial charge on any atom is -0.309 e. The lowest BCUT2D eigenvalue weighted by Crippen LogP contribution is -2.29. The van der Waals surface area contributed by atoms with Crippen LogP contribution in [0.15, 0.2) is 0 Å². The predicted molar refractivity (Wildman–Crippen MR) is 66.7 cm³/mol. The van der Waals surface area contributed by atoms with Crippen molar-refractivity contribution in [1.29, 1.82) is 0 Å². The van der Waals surface area contributed by atoms with Gasteiger partial charge in [0.15, 0.2) is 0 Å². The number of nitrogens with one attached hydrogen (secondary N) is 1. The smallest absolute Gasteiger partial charge is 0.233 e. The van der Waals surface area contributed by atoms with E-state index in [1.165, 1.54) is 17.9 Å². The summed E-state index contributed by atoms with van der Waals surface area (Å²) in [6.07, 6.45) is 3.80. The molecule has 15 heavy (non-hydrogen) atoms. The molecular weight excluding hydrogens is 210 g/mol. The molecule has 0 radical (unpaired) electrons. The Morgan fingerprint density at radius 1 is 1.27 bits per heavy atom. The molecule has 0 rings (SSSR count). The van der Waals surface area contributed by atoms with E-state index in [0.717, 1.165) is 19.4 Å². The molecule has 0 aromatic carbocycles. The van der Waals surface area contributed by atoms with Crippen LogP contribution >= 0.6 is 11.8 Å². The average Bonchev–Trinajstić information content (AvgIpc) is 2.21. The molecule has 0 heterocycles. The minimum absolute atomic E-state index is 0.0599. The highest BCUT2D eigenvalue weighted by molar-refractivity contribution is 7.99.